The molecule has 0 N–H and O–H groups in total. The number of aromatic nitrogens is 6. The molecule has 0 spiro atoms. The third kappa shape index (κ3) is 16.1. The van der Waals surface area contributed by atoms with Crippen LogP contribution in [0.15, 0.2) is 152 Å². The molecule has 6 aromatic heterocycles. The molecule has 76 heavy (non-hydrogen) atoms. The van der Waals surface area contributed by atoms with Crippen molar-refractivity contribution in [3.63, 3.8) is 0 Å². The average molecular weight is 1270 g/mol. The molecular formula is C40H25Cu2F14N8O8S4. The van der Waals surface area contributed by atoms with E-state index in [-0.39, 0.29) is 73.9 Å². The second-order valence-corrected chi connectivity index (χ2v) is 20.4. The molecule has 0 unspecified atom stereocenters. The van der Waals surface area contributed by atoms with E-state index < -0.39 is 73.5 Å². The van der Waals surface area contributed by atoms with Crippen LogP contribution in [-0.2, 0) is 85.6 Å². The molecular weight excluding hydrogens is 1240 g/mol. The van der Waals surface area contributed by atoms with Crippen molar-refractivity contribution in [2.45, 2.75) is 33.4 Å². The topological polar surface area (TPSA) is 242 Å². The summed E-state index contributed by atoms with van der Waals surface area (Å²) in [5, 5.41) is 0.617. The molecule has 417 valence electrons. The summed E-state index contributed by atoms with van der Waals surface area (Å²) in [7, 11) is -26.9. The van der Waals surface area contributed by atoms with Crippen LogP contribution in [0.3, 0.4) is 0 Å². The molecule has 0 fully saturated rings. The van der Waals surface area contributed by atoms with Gasteiger partial charge in [-0.05, 0) is 72.8 Å². The number of hydrogen-bond donors (Lipinski definition) is 0. The second-order valence-electron chi connectivity index (χ2n) is 13.5. The van der Waals surface area contributed by atoms with Gasteiger partial charge >= 0.3 is 56.2 Å². The van der Waals surface area contributed by atoms with Gasteiger partial charge in [0.2, 0.25) is 11.3 Å². The summed E-state index contributed by atoms with van der Waals surface area (Å²) in [6, 6.07) is 39.0. The number of fused-ring (bicyclic) bond motifs is 1. The van der Waals surface area contributed by atoms with Crippen LogP contribution in [0.4, 0.5) is 61.5 Å². The Morgan fingerprint density at radius 1 is 0.355 bits per heavy atom. The largest absolute Gasteiger partial charge is 2.00 e. The van der Waals surface area contributed by atoms with Crippen molar-refractivity contribution in [2.75, 3.05) is 0 Å². The Morgan fingerprint density at radius 3 is 0.803 bits per heavy atom. The van der Waals surface area contributed by atoms with Gasteiger partial charge < -0.3 is 8.25 Å². The summed E-state index contributed by atoms with van der Waals surface area (Å²) in [5.74, 6) is 0. The summed E-state index contributed by atoms with van der Waals surface area (Å²) in [4.78, 5) is 26.2. The fourth-order valence-corrected chi connectivity index (χ4v) is 8.62. The summed E-state index contributed by atoms with van der Waals surface area (Å²) in [6.45, 7) is 0. The monoisotopic (exact) mass is 1260 g/mol. The van der Waals surface area contributed by atoms with Gasteiger partial charge in [-0.2, -0.15) is 89.1 Å². The van der Waals surface area contributed by atoms with E-state index in [0.29, 0.717) is 5.39 Å². The maximum atomic E-state index is 17.1. The molecule has 0 saturated carbocycles. The first-order valence-electron chi connectivity index (χ1n) is 19.0. The van der Waals surface area contributed by atoms with Gasteiger partial charge in [-0.1, -0.05) is 24.3 Å². The minimum atomic E-state index is -6.72. The van der Waals surface area contributed by atoms with Gasteiger partial charge in [0.05, 0.1) is 34.2 Å². The van der Waals surface area contributed by atoms with Crippen molar-refractivity contribution < 1.29 is 129 Å². The first kappa shape index (κ1) is 66.3. The van der Waals surface area contributed by atoms with E-state index in [4.69, 9.17) is 0 Å². The van der Waals surface area contributed by atoms with Gasteiger partial charge in [0.1, 0.15) is 0 Å². The zero-order chi connectivity index (χ0) is 55.7. The van der Waals surface area contributed by atoms with Crippen molar-refractivity contribution >= 4 is 51.1 Å². The predicted octanol–water partition coefficient (Wildman–Crippen LogP) is 9.33. The maximum Gasteiger partial charge on any atom is 2.00 e. The molecule has 0 amide bonds. The van der Waals surface area contributed by atoms with E-state index in [9.17, 15) is 86.4 Å². The second kappa shape index (κ2) is 25.5. The quantitative estimate of drug-likeness (QED) is 0.0704. The Labute approximate surface area is 442 Å². The molecule has 7 rings (SSSR count). The minimum Gasteiger partial charge on any atom is -0.421 e. The number of alkyl halides is 14. The summed E-state index contributed by atoms with van der Waals surface area (Å²) in [6.07, 6.45) is 6.06. The van der Waals surface area contributed by atoms with E-state index in [1.807, 2.05) is 30.3 Å². The molecule has 0 atom stereocenters. The van der Waals surface area contributed by atoms with Crippen molar-refractivity contribution in [3.05, 3.63) is 201 Å². The van der Waals surface area contributed by atoms with Crippen molar-refractivity contribution in [2.24, 2.45) is 0 Å². The summed E-state index contributed by atoms with van der Waals surface area (Å²) >= 11 is 0. The number of hydrogen-bond acceptors (Lipinski definition) is 14. The Balaban J connectivity index is 0.000000430. The van der Waals surface area contributed by atoms with E-state index in [0.717, 1.165) is 8.25 Å². The number of halogens is 14. The van der Waals surface area contributed by atoms with Crippen LogP contribution in [0.5, 0.6) is 0 Å². The van der Waals surface area contributed by atoms with Gasteiger partial charge in [-0.15, -0.1) is 0 Å². The molecule has 0 aliphatic carbocycles. The molecule has 0 aliphatic heterocycles. The first-order chi connectivity index (χ1) is 34.0. The molecule has 1 aromatic carbocycles. The smallest absolute Gasteiger partial charge is 0.421 e. The zero-order valence-corrected chi connectivity index (χ0v) is 41.5. The first-order valence-corrected chi connectivity index (χ1v) is 24.7. The van der Waals surface area contributed by atoms with Crippen LogP contribution in [0.25, 0.3) is 19.3 Å². The number of nitrogens with zero attached hydrogens (tertiary/aromatic N) is 8. The van der Waals surface area contributed by atoms with E-state index in [2.05, 4.69) is 36.0 Å². The third-order valence-electron chi connectivity index (χ3n) is 8.50. The molecule has 0 saturated heterocycles. The van der Waals surface area contributed by atoms with Gasteiger partial charge in [0.25, 0.3) is 0 Å². The minimum absolute atomic E-state index is 0. The maximum absolute atomic E-state index is 17.1. The van der Waals surface area contributed by atoms with E-state index in [1.165, 1.54) is 24.8 Å². The average Bonchev–Trinajstić information content (AvgIpc) is 3.33. The number of rotatable bonds is 10. The van der Waals surface area contributed by atoms with Crippen LogP contribution in [0.1, 0.15) is 34.2 Å². The van der Waals surface area contributed by atoms with Crippen LogP contribution in [0.2, 0.25) is 0 Å². The van der Waals surface area contributed by atoms with Crippen LogP contribution in [0, 0.1) is 6.07 Å². The number of benzene rings is 1. The predicted molar refractivity (Wildman–Crippen MR) is 230 cm³/mol. The van der Waals surface area contributed by atoms with Crippen molar-refractivity contribution in [1.82, 2.24) is 29.9 Å². The van der Waals surface area contributed by atoms with E-state index >= 15 is 8.78 Å². The van der Waals surface area contributed by atoms with Crippen molar-refractivity contribution in [3.8, 4) is 0 Å². The Morgan fingerprint density at radius 2 is 0.618 bits per heavy atom. The molecule has 0 aliphatic rings. The van der Waals surface area contributed by atoms with Gasteiger partial charge in [-0.25, -0.2) is 52.4 Å². The van der Waals surface area contributed by atoms with Gasteiger partial charge in [0.15, 0.2) is 45.7 Å². The fourth-order valence-electron chi connectivity index (χ4n) is 5.21. The summed E-state index contributed by atoms with van der Waals surface area (Å²) < 4.78 is 253. The molecule has 36 heteroatoms. The zero-order valence-electron chi connectivity index (χ0n) is 36.3. The third-order valence-corrected chi connectivity index (χ3v) is 14.0. The normalized spacial score (nSPS) is 12.7. The van der Waals surface area contributed by atoms with Crippen LogP contribution >= 0.6 is 0 Å². The number of sulfonamides is 4. The molecule has 16 nitrogen and oxygen atoms in total. The Bertz CT molecular complexity index is 3050. The van der Waals surface area contributed by atoms with Crippen molar-refractivity contribution in [1.29, 1.82) is 0 Å². The summed E-state index contributed by atoms with van der Waals surface area (Å²) in [5.41, 5.74) is -28.6. The molecule has 0 bridgehead atoms. The standard InChI is InChI=1S/C30H20F2N6.C6H5.2C2F6NO4S2.2Cu/c31-29(22-9-1-5-17-33-22,23-10-2-6-18-34-23)26-15-13-21-14-16-27(38-28(21)37-26)30(32,24-11-3-7-19-35-24)25-12-4-8-20-36-25;1-2-4-6-5-3-1;2*3-1(4,5)14(10,11)9-15(12,13)2(6,7)8;;/h1-20H;1-5H;;;;/q;3*-1;+1;+2. The number of pyridine rings is 6. The Hall–Kier alpha value is -5.84. The molecule has 7 aromatic rings. The van der Waals surface area contributed by atoms with E-state index in [1.54, 1.807) is 97.1 Å². The van der Waals surface area contributed by atoms with Crippen LogP contribution < -0.4 is 0 Å². The van der Waals surface area contributed by atoms with Crippen LogP contribution in [-0.4, -0.2) is 85.6 Å². The SMILES string of the molecule is FC(c1ccccn1)(c1ccccn1)c1ccc2ccc(C(F)(c3ccccn3)c3ccccn3)nc2n1.O=S(=O)([N-]S(=O)(=O)C(F)(F)F)C(F)(F)F.O=S(=O)([N-]S(=O)(=O)C(F)(F)F)C(F)(F)F.[Cu+2].[Cu+].[c-]1ccccc1. The Kier molecular flexibility index (Phi) is 22.3. The molecule has 6 heterocycles. The van der Waals surface area contributed by atoms with Gasteiger partial charge in [-0.3, -0.25) is 19.9 Å². The molecule has 1 radical (unpaired) electrons. The fraction of sp³-hybridized carbons (Fsp3) is 0.150. The van der Waals surface area contributed by atoms with Gasteiger partial charge in [0, 0.05) is 30.2 Å².